The van der Waals surface area contributed by atoms with E-state index in [4.69, 9.17) is 0 Å². The molecule has 0 aliphatic heterocycles. The van der Waals surface area contributed by atoms with Gasteiger partial charge in [-0.3, -0.25) is 0 Å². The SMILES string of the molecule is CS(=O)(=O)c1nc(-c2cc(-c3ccccc3)nn2-c2ccc(F)cc2)n[nH]1. The molecule has 9 heteroatoms. The molecule has 7 nitrogen and oxygen atoms in total. The summed E-state index contributed by atoms with van der Waals surface area (Å²) in [5, 5.41) is 10.8. The van der Waals surface area contributed by atoms with Crippen LogP contribution in [0, 0.1) is 5.82 Å². The van der Waals surface area contributed by atoms with Crippen molar-refractivity contribution in [2.75, 3.05) is 6.26 Å². The molecule has 0 unspecified atom stereocenters. The minimum Gasteiger partial charge on any atom is -0.249 e. The molecule has 0 fully saturated rings. The number of rotatable bonds is 4. The number of nitrogens with one attached hydrogen (secondary N) is 1. The smallest absolute Gasteiger partial charge is 0.243 e. The fourth-order valence-corrected chi connectivity index (χ4v) is 3.06. The number of sulfone groups is 1. The quantitative estimate of drug-likeness (QED) is 0.585. The van der Waals surface area contributed by atoms with Gasteiger partial charge in [0.1, 0.15) is 11.5 Å². The lowest BCUT2D eigenvalue weighted by atomic mass is 10.1. The zero-order chi connectivity index (χ0) is 19.0. The molecule has 2 aromatic heterocycles. The van der Waals surface area contributed by atoms with Gasteiger partial charge in [-0.2, -0.15) is 15.2 Å². The first-order chi connectivity index (χ1) is 12.9. The Bertz CT molecular complexity index is 1200. The lowest BCUT2D eigenvalue weighted by Gasteiger charge is -2.04. The Morgan fingerprint density at radius 1 is 1.04 bits per heavy atom. The first-order valence-corrected chi connectivity index (χ1v) is 9.85. The number of hydrogen-bond donors (Lipinski definition) is 1. The Kier molecular flexibility index (Phi) is 4.08. The molecule has 0 amide bonds. The largest absolute Gasteiger partial charge is 0.249 e. The Hall–Kier alpha value is -3.33. The average molecular weight is 383 g/mol. The van der Waals surface area contributed by atoms with E-state index in [-0.39, 0.29) is 16.8 Å². The van der Waals surface area contributed by atoms with Crippen LogP contribution in [-0.2, 0) is 9.84 Å². The number of aromatic amines is 1. The number of H-pyrrole nitrogens is 1. The minimum absolute atomic E-state index is 0.175. The molecule has 2 aromatic carbocycles. The van der Waals surface area contributed by atoms with Gasteiger partial charge in [-0.05, 0) is 30.3 Å². The lowest BCUT2D eigenvalue weighted by molar-refractivity contribution is 0.593. The third kappa shape index (κ3) is 3.36. The molecule has 4 aromatic rings. The maximum Gasteiger partial charge on any atom is 0.243 e. The van der Waals surface area contributed by atoms with E-state index in [0.717, 1.165) is 11.8 Å². The van der Waals surface area contributed by atoms with Crippen LogP contribution in [0.15, 0.2) is 65.8 Å². The maximum absolute atomic E-state index is 13.3. The third-order valence-corrected chi connectivity index (χ3v) is 4.78. The summed E-state index contributed by atoms with van der Waals surface area (Å²) in [5.41, 5.74) is 2.60. The Labute approximate surface area is 154 Å². The van der Waals surface area contributed by atoms with Crippen molar-refractivity contribution in [2.24, 2.45) is 0 Å². The zero-order valence-corrected chi connectivity index (χ0v) is 15.0. The van der Waals surface area contributed by atoms with Crippen LogP contribution in [0.1, 0.15) is 0 Å². The third-order valence-electron chi connectivity index (χ3n) is 3.90. The monoisotopic (exact) mass is 383 g/mol. The van der Waals surface area contributed by atoms with Crippen molar-refractivity contribution in [3.63, 3.8) is 0 Å². The molecule has 136 valence electrons. The predicted octanol–water partition coefficient (Wildman–Crippen LogP) is 2.87. The summed E-state index contributed by atoms with van der Waals surface area (Å²) in [6, 6.07) is 17.0. The van der Waals surface area contributed by atoms with Crippen molar-refractivity contribution >= 4 is 9.84 Å². The molecule has 1 N–H and O–H groups in total. The van der Waals surface area contributed by atoms with E-state index >= 15 is 0 Å². The van der Waals surface area contributed by atoms with E-state index in [1.165, 1.54) is 12.1 Å². The van der Waals surface area contributed by atoms with Gasteiger partial charge in [-0.1, -0.05) is 30.3 Å². The Morgan fingerprint density at radius 3 is 2.37 bits per heavy atom. The van der Waals surface area contributed by atoms with Crippen LogP contribution in [0.5, 0.6) is 0 Å². The predicted molar refractivity (Wildman–Crippen MR) is 97.4 cm³/mol. The highest BCUT2D eigenvalue weighted by atomic mass is 32.2. The van der Waals surface area contributed by atoms with Crippen LogP contribution in [0.4, 0.5) is 4.39 Å². The van der Waals surface area contributed by atoms with Crippen molar-refractivity contribution in [3.05, 3.63) is 66.5 Å². The molecule has 27 heavy (non-hydrogen) atoms. The Morgan fingerprint density at radius 2 is 1.74 bits per heavy atom. The molecule has 0 spiro atoms. The van der Waals surface area contributed by atoms with Crippen molar-refractivity contribution < 1.29 is 12.8 Å². The normalized spacial score (nSPS) is 11.6. The maximum atomic E-state index is 13.3. The summed E-state index contributed by atoms with van der Waals surface area (Å²) in [5.74, 6) is -0.192. The van der Waals surface area contributed by atoms with Crippen LogP contribution >= 0.6 is 0 Å². The van der Waals surface area contributed by atoms with Gasteiger partial charge in [0.05, 0.1) is 11.4 Å². The van der Waals surface area contributed by atoms with Crippen molar-refractivity contribution in [3.8, 4) is 28.5 Å². The highest BCUT2D eigenvalue weighted by Gasteiger charge is 2.20. The molecule has 0 atom stereocenters. The highest BCUT2D eigenvalue weighted by Crippen LogP contribution is 2.27. The molecular formula is C18H14FN5O2S. The highest BCUT2D eigenvalue weighted by molar-refractivity contribution is 7.90. The molecular weight excluding hydrogens is 369 g/mol. The fraction of sp³-hybridized carbons (Fsp3) is 0.0556. The van der Waals surface area contributed by atoms with E-state index in [2.05, 4.69) is 20.3 Å². The fourth-order valence-electron chi connectivity index (χ4n) is 2.60. The van der Waals surface area contributed by atoms with Gasteiger partial charge >= 0.3 is 0 Å². The van der Waals surface area contributed by atoms with Gasteiger partial charge in [0, 0.05) is 11.8 Å². The lowest BCUT2D eigenvalue weighted by Crippen LogP contribution is -2.01. The molecule has 0 radical (unpaired) electrons. The van der Waals surface area contributed by atoms with Gasteiger partial charge < -0.3 is 0 Å². The van der Waals surface area contributed by atoms with E-state index in [1.807, 2.05) is 30.3 Å². The molecule has 4 rings (SSSR count). The van der Waals surface area contributed by atoms with E-state index in [0.29, 0.717) is 17.1 Å². The molecule has 2 heterocycles. The van der Waals surface area contributed by atoms with Crippen LogP contribution < -0.4 is 0 Å². The summed E-state index contributed by atoms with van der Waals surface area (Å²) in [6.07, 6.45) is 1.05. The van der Waals surface area contributed by atoms with Gasteiger partial charge in [0.15, 0.2) is 0 Å². The number of hydrogen-bond acceptors (Lipinski definition) is 5. The molecule has 0 aliphatic rings. The average Bonchev–Trinajstić information content (AvgIpc) is 3.30. The number of nitrogens with zero attached hydrogens (tertiary/aromatic N) is 4. The second-order valence-electron chi connectivity index (χ2n) is 5.91. The molecule has 0 saturated heterocycles. The van der Waals surface area contributed by atoms with Gasteiger partial charge in [0.2, 0.25) is 20.8 Å². The molecule has 0 aliphatic carbocycles. The van der Waals surface area contributed by atoms with Crippen LogP contribution in [0.3, 0.4) is 0 Å². The molecule has 0 bridgehead atoms. The summed E-state index contributed by atoms with van der Waals surface area (Å²) in [6.45, 7) is 0. The summed E-state index contributed by atoms with van der Waals surface area (Å²) in [4.78, 5) is 4.07. The topological polar surface area (TPSA) is 93.5 Å². The van der Waals surface area contributed by atoms with Crippen LogP contribution in [0.25, 0.3) is 28.5 Å². The second kappa shape index (κ2) is 6.44. The number of halogens is 1. The van der Waals surface area contributed by atoms with Crippen molar-refractivity contribution in [1.82, 2.24) is 25.0 Å². The van der Waals surface area contributed by atoms with Crippen molar-refractivity contribution in [1.29, 1.82) is 0 Å². The zero-order valence-electron chi connectivity index (χ0n) is 14.2. The van der Waals surface area contributed by atoms with Gasteiger partial charge in [-0.25, -0.2) is 22.6 Å². The summed E-state index contributed by atoms with van der Waals surface area (Å²) in [7, 11) is -3.53. The van der Waals surface area contributed by atoms with Crippen molar-refractivity contribution in [2.45, 2.75) is 5.16 Å². The second-order valence-corrected chi connectivity index (χ2v) is 7.84. The molecule has 0 saturated carbocycles. The van der Waals surface area contributed by atoms with Gasteiger partial charge in [-0.15, -0.1) is 0 Å². The minimum atomic E-state index is -3.53. The number of benzene rings is 2. The van der Waals surface area contributed by atoms with Crippen LogP contribution in [-0.4, -0.2) is 39.6 Å². The first kappa shape index (κ1) is 17.1. The van der Waals surface area contributed by atoms with Crippen LogP contribution in [0.2, 0.25) is 0 Å². The summed E-state index contributed by atoms with van der Waals surface area (Å²) < 4.78 is 38.3. The van der Waals surface area contributed by atoms with E-state index in [1.54, 1.807) is 22.9 Å². The Balaban J connectivity index is 1.90. The van der Waals surface area contributed by atoms with Gasteiger partial charge in [0.25, 0.3) is 0 Å². The van der Waals surface area contributed by atoms with E-state index in [9.17, 15) is 12.8 Å². The first-order valence-electron chi connectivity index (χ1n) is 7.96. The van der Waals surface area contributed by atoms with E-state index < -0.39 is 9.84 Å². The standard InChI is InChI=1S/C18H14FN5O2S/c1-27(25,26)18-20-17(21-22-18)16-11-15(12-5-3-2-4-6-12)23-24(16)14-9-7-13(19)8-10-14/h2-11H,1H3,(H,20,21,22). The number of aromatic nitrogens is 5. The summed E-state index contributed by atoms with van der Waals surface area (Å²) >= 11 is 0.